The van der Waals surface area contributed by atoms with E-state index in [-0.39, 0.29) is 5.92 Å². The third kappa shape index (κ3) is 2.74. The van der Waals surface area contributed by atoms with Crippen molar-refractivity contribution in [1.82, 2.24) is 4.98 Å². The van der Waals surface area contributed by atoms with Crippen LogP contribution in [0.1, 0.15) is 25.7 Å². The molecule has 0 bridgehead atoms. The fourth-order valence-electron chi connectivity index (χ4n) is 2.89. The number of benzene rings is 1. The van der Waals surface area contributed by atoms with Crippen molar-refractivity contribution in [2.24, 2.45) is 5.92 Å². The highest BCUT2D eigenvalue weighted by molar-refractivity contribution is 5.84. The molecule has 1 aliphatic carbocycles. The molecule has 3 rings (SSSR count). The molecule has 1 saturated carbocycles. The molecule has 0 spiro atoms. The summed E-state index contributed by atoms with van der Waals surface area (Å²) in [6.07, 6.45) is 7.03. The van der Waals surface area contributed by atoms with Gasteiger partial charge in [0, 0.05) is 29.5 Å². The van der Waals surface area contributed by atoms with Crippen LogP contribution in [-0.4, -0.2) is 22.1 Å². The van der Waals surface area contributed by atoms with Gasteiger partial charge in [-0.15, -0.1) is 0 Å². The number of aliphatic carboxylic acids is 1. The summed E-state index contributed by atoms with van der Waals surface area (Å²) in [7, 11) is 0. The number of aromatic nitrogens is 1. The largest absolute Gasteiger partial charge is 0.481 e. The van der Waals surface area contributed by atoms with Gasteiger partial charge in [0.1, 0.15) is 0 Å². The van der Waals surface area contributed by atoms with Crippen LogP contribution >= 0.6 is 0 Å². The first-order valence-electron chi connectivity index (χ1n) is 7.05. The molecule has 1 heterocycles. The zero-order valence-corrected chi connectivity index (χ0v) is 11.2. The van der Waals surface area contributed by atoms with Crippen molar-refractivity contribution in [2.75, 3.05) is 5.32 Å². The van der Waals surface area contributed by atoms with Crippen molar-refractivity contribution in [3.8, 4) is 0 Å². The van der Waals surface area contributed by atoms with Gasteiger partial charge in [0.15, 0.2) is 0 Å². The van der Waals surface area contributed by atoms with E-state index in [1.165, 1.54) is 5.39 Å². The molecule has 104 valence electrons. The van der Waals surface area contributed by atoms with Gasteiger partial charge in [-0.2, -0.15) is 0 Å². The number of carboxylic acid groups (broad SMARTS) is 1. The van der Waals surface area contributed by atoms with E-state index >= 15 is 0 Å². The van der Waals surface area contributed by atoms with E-state index < -0.39 is 5.97 Å². The molecule has 4 nitrogen and oxygen atoms in total. The lowest BCUT2D eigenvalue weighted by Gasteiger charge is -2.27. The first kappa shape index (κ1) is 12.9. The van der Waals surface area contributed by atoms with Gasteiger partial charge in [-0.1, -0.05) is 6.07 Å². The predicted octanol–water partition coefficient (Wildman–Crippen LogP) is 3.29. The van der Waals surface area contributed by atoms with Crippen LogP contribution in [-0.2, 0) is 4.79 Å². The lowest BCUT2D eigenvalue weighted by Crippen LogP contribution is -2.29. The molecule has 20 heavy (non-hydrogen) atoms. The minimum absolute atomic E-state index is 0.157. The van der Waals surface area contributed by atoms with E-state index in [1.807, 2.05) is 12.3 Å². The smallest absolute Gasteiger partial charge is 0.306 e. The standard InChI is InChI=1S/C16H18N2O2/c19-16(20)11-1-4-14(5-2-11)18-15-6-3-13-10-17-8-7-12(13)9-15/h3,6-11,14,18H,1-2,4-5H2,(H,19,20). The van der Waals surface area contributed by atoms with Gasteiger partial charge < -0.3 is 10.4 Å². The highest BCUT2D eigenvalue weighted by atomic mass is 16.4. The number of pyridine rings is 1. The Balaban J connectivity index is 1.66. The molecule has 1 aromatic heterocycles. The van der Waals surface area contributed by atoms with E-state index in [9.17, 15) is 4.79 Å². The second kappa shape index (κ2) is 5.49. The molecule has 2 N–H and O–H groups in total. The minimum atomic E-state index is -0.651. The number of anilines is 1. The number of nitrogens with zero attached hydrogens (tertiary/aromatic N) is 1. The normalized spacial score (nSPS) is 22.6. The van der Waals surface area contributed by atoms with Crippen LogP contribution in [0.4, 0.5) is 5.69 Å². The van der Waals surface area contributed by atoms with Gasteiger partial charge in [-0.3, -0.25) is 9.78 Å². The van der Waals surface area contributed by atoms with Gasteiger partial charge >= 0.3 is 5.97 Å². The summed E-state index contributed by atoms with van der Waals surface area (Å²) in [5.41, 5.74) is 1.10. The fraction of sp³-hybridized carbons (Fsp3) is 0.375. The maximum absolute atomic E-state index is 10.9. The maximum Gasteiger partial charge on any atom is 0.306 e. The van der Waals surface area contributed by atoms with Crippen LogP contribution in [0, 0.1) is 5.92 Å². The van der Waals surface area contributed by atoms with Gasteiger partial charge in [0.25, 0.3) is 0 Å². The highest BCUT2D eigenvalue weighted by Gasteiger charge is 2.25. The van der Waals surface area contributed by atoms with E-state index in [0.29, 0.717) is 6.04 Å². The zero-order chi connectivity index (χ0) is 13.9. The number of carbonyl (C=O) groups is 1. The van der Waals surface area contributed by atoms with Crippen LogP contribution < -0.4 is 5.32 Å². The number of hydrogen-bond acceptors (Lipinski definition) is 3. The van der Waals surface area contributed by atoms with Crippen LogP contribution in [0.3, 0.4) is 0 Å². The van der Waals surface area contributed by atoms with Crippen molar-refractivity contribution < 1.29 is 9.90 Å². The Morgan fingerprint density at radius 2 is 1.95 bits per heavy atom. The van der Waals surface area contributed by atoms with Crippen molar-refractivity contribution in [1.29, 1.82) is 0 Å². The molecular formula is C16H18N2O2. The summed E-state index contributed by atoms with van der Waals surface area (Å²) in [6.45, 7) is 0. The number of carboxylic acids is 1. The number of rotatable bonds is 3. The Bertz CT molecular complexity index is 619. The second-order valence-electron chi connectivity index (χ2n) is 5.47. The SMILES string of the molecule is O=C(O)C1CCC(Nc2ccc3cnccc3c2)CC1. The van der Waals surface area contributed by atoms with Gasteiger partial charge in [0.2, 0.25) is 0 Å². The number of hydrogen-bond donors (Lipinski definition) is 2. The summed E-state index contributed by atoms with van der Waals surface area (Å²) in [4.78, 5) is 15.0. The summed E-state index contributed by atoms with van der Waals surface area (Å²) >= 11 is 0. The lowest BCUT2D eigenvalue weighted by molar-refractivity contribution is -0.142. The van der Waals surface area contributed by atoms with E-state index in [1.54, 1.807) is 6.20 Å². The Morgan fingerprint density at radius 3 is 2.70 bits per heavy atom. The van der Waals surface area contributed by atoms with E-state index in [2.05, 4.69) is 28.5 Å². The average Bonchev–Trinajstić information content (AvgIpc) is 2.48. The third-order valence-electron chi connectivity index (χ3n) is 4.09. The minimum Gasteiger partial charge on any atom is -0.481 e. The highest BCUT2D eigenvalue weighted by Crippen LogP contribution is 2.27. The Hall–Kier alpha value is -2.10. The first-order chi connectivity index (χ1) is 9.72. The van der Waals surface area contributed by atoms with Crippen molar-refractivity contribution in [2.45, 2.75) is 31.7 Å². The summed E-state index contributed by atoms with van der Waals surface area (Å²) in [5.74, 6) is -0.808. The molecule has 0 unspecified atom stereocenters. The summed E-state index contributed by atoms with van der Waals surface area (Å²) < 4.78 is 0. The van der Waals surface area contributed by atoms with Gasteiger partial charge in [-0.25, -0.2) is 0 Å². The van der Waals surface area contributed by atoms with Gasteiger partial charge in [0.05, 0.1) is 5.92 Å². The molecule has 0 atom stereocenters. The molecule has 1 fully saturated rings. The van der Waals surface area contributed by atoms with Crippen LogP contribution in [0.15, 0.2) is 36.7 Å². The summed E-state index contributed by atoms with van der Waals surface area (Å²) in [5, 5.41) is 14.8. The molecule has 0 saturated heterocycles. The van der Waals surface area contributed by atoms with Crippen LogP contribution in [0.5, 0.6) is 0 Å². The molecule has 1 aliphatic rings. The Kier molecular flexibility index (Phi) is 3.54. The average molecular weight is 270 g/mol. The number of fused-ring (bicyclic) bond motifs is 1. The molecule has 0 amide bonds. The van der Waals surface area contributed by atoms with E-state index in [0.717, 1.165) is 36.8 Å². The monoisotopic (exact) mass is 270 g/mol. The van der Waals surface area contributed by atoms with E-state index in [4.69, 9.17) is 5.11 Å². The van der Waals surface area contributed by atoms with Crippen molar-refractivity contribution in [3.63, 3.8) is 0 Å². The maximum atomic E-state index is 10.9. The second-order valence-corrected chi connectivity index (χ2v) is 5.47. The molecule has 1 aromatic carbocycles. The molecule has 2 aromatic rings. The molecule has 0 radical (unpaired) electrons. The quantitative estimate of drug-likeness (QED) is 0.898. The predicted molar refractivity (Wildman–Crippen MR) is 78.7 cm³/mol. The van der Waals surface area contributed by atoms with Crippen LogP contribution in [0.25, 0.3) is 10.8 Å². The van der Waals surface area contributed by atoms with Gasteiger partial charge in [-0.05, 0) is 49.3 Å². The number of nitrogens with one attached hydrogen (secondary N) is 1. The topological polar surface area (TPSA) is 62.2 Å². The zero-order valence-electron chi connectivity index (χ0n) is 11.2. The molecule has 4 heteroatoms. The fourth-order valence-corrected chi connectivity index (χ4v) is 2.89. The first-order valence-corrected chi connectivity index (χ1v) is 7.05. The third-order valence-corrected chi connectivity index (χ3v) is 4.09. The molecular weight excluding hydrogens is 252 g/mol. The Morgan fingerprint density at radius 1 is 1.15 bits per heavy atom. The molecule has 0 aliphatic heterocycles. The summed E-state index contributed by atoms with van der Waals surface area (Å²) in [6, 6.07) is 8.63. The van der Waals surface area contributed by atoms with Crippen LogP contribution in [0.2, 0.25) is 0 Å². The Labute approximate surface area is 117 Å². The van der Waals surface area contributed by atoms with Crippen molar-refractivity contribution in [3.05, 3.63) is 36.7 Å². The lowest BCUT2D eigenvalue weighted by atomic mass is 9.86. The van der Waals surface area contributed by atoms with Crippen molar-refractivity contribution >= 4 is 22.4 Å².